The van der Waals surface area contributed by atoms with Gasteiger partial charge < -0.3 is 10.2 Å². The molecule has 1 saturated heterocycles. The van der Waals surface area contributed by atoms with E-state index in [9.17, 15) is 4.79 Å². The third kappa shape index (κ3) is 2.93. The van der Waals surface area contributed by atoms with Gasteiger partial charge in [-0.2, -0.15) is 5.26 Å². The fourth-order valence-corrected chi connectivity index (χ4v) is 3.27. The summed E-state index contributed by atoms with van der Waals surface area (Å²) in [5.74, 6) is 0.544. The van der Waals surface area contributed by atoms with E-state index < -0.39 is 0 Å². The van der Waals surface area contributed by atoms with Gasteiger partial charge in [0.25, 0.3) is 0 Å². The number of hydrogen-bond acceptors (Lipinski definition) is 5. The molecule has 1 aliphatic rings. The highest BCUT2D eigenvalue weighted by molar-refractivity contribution is 6.02. The summed E-state index contributed by atoms with van der Waals surface area (Å²) in [4.78, 5) is 22.7. The molecule has 0 aliphatic carbocycles. The summed E-state index contributed by atoms with van der Waals surface area (Å²) < 4.78 is 0. The van der Waals surface area contributed by atoms with Crippen LogP contribution in [0.3, 0.4) is 0 Å². The Labute approximate surface area is 141 Å². The smallest absolute Gasteiger partial charge is 0.249 e. The van der Waals surface area contributed by atoms with Crippen LogP contribution in [0.4, 0.5) is 11.5 Å². The molecule has 0 bridgehead atoms. The lowest BCUT2D eigenvalue weighted by Crippen LogP contribution is -2.34. The number of nitrogens with one attached hydrogen (secondary N) is 1. The van der Waals surface area contributed by atoms with Crippen molar-refractivity contribution in [3.63, 3.8) is 0 Å². The molecule has 1 aromatic carbocycles. The van der Waals surface area contributed by atoms with Crippen LogP contribution in [0.2, 0.25) is 0 Å². The van der Waals surface area contributed by atoms with E-state index in [1.54, 1.807) is 0 Å². The van der Waals surface area contributed by atoms with Gasteiger partial charge in [-0.15, -0.1) is 0 Å². The summed E-state index contributed by atoms with van der Waals surface area (Å²) in [5, 5.41) is 11.9. The van der Waals surface area contributed by atoms with Gasteiger partial charge in [-0.05, 0) is 38.3 Å². The average molecular weight is 321 g/mol. The third-order valence-electron chi connectivity index (χ3n) is 4.20. The van der Waals surface area contributed by atoms with Crippen molar-refractivity contribution >= 4 is 17.4 Å². The molecular formula is C18H19N5O. The van der Waals surface area contributed by atoms with E-state index in [2.05, 4.69) is 34.3 Å². The molecule has 0 spiro atoms. The summed E-state index contributed by atoms with van der Waals surface area (Å²) in [5.41, 5.74) is 4.67. The zero-order valence-electron chi connectivity index (χ0n) is 14.0. The second-order valence-corrected chi connectivity index (χ2v) is 6.12. The highest BCUT2D eigenvalue weighted by atomic mass is 16.2. The molecule has 0 unspecified atom stereocenters. The molecule has 3 rings (SSSR count). The molecule has 2 aromatic rings. The van der Waals surface area contributed by atoms with Gasteiger partial charge >= 0.3 is 0 Å². The third-order valence-corrected chi connectivity index (χ3v) is 4.20. The molecule has 1 amide bonds. The van der Waals surface area contributed by atoms with Crippen LogP contribution >= 0.6 is 0 Å². The molecule has 1 fully saturated rings. The first-order chi connectivity index (χ1) is 11.5. The van der Waals surface area contributed by atoms with Crippen LogP contribution < -0.4 is 10.2 Å². The number of anilines is 2. The van der Waals surface area contributed by atoms with E-state index in [4.69, 9.17) is 5.26 Å². The lowest BCUT2D eigenvalue weighted by atomic mass is 10.0. The van der Waals surface area contributed by atoms with Crippen LogP contribution in [0, 0.1) is 32.1 Å². The van der Waals surface area contributed by atoms with E-state index in [0.29, 0.717) is 18.8 Å². The van der Waals surface area contributed by atoms with Crippen molar-refractivity contribution in [2.45, 2.75) is 33.2 Å². The van der Waals surface area contributed by atoms with Gasteiger partial charge in [0.1, 0.15) is 17.9 Å². The number of nitrogens with zero attached hydrogens (tertiary/aromatic N) is 4. The van der Waals surface area contributed by atoms with Gasteiger partial charge in [-0.25, -0.2) is 9.97 Å². The molecule has 1 aromatic heterocycles. The molecule has 122 valence electrons. The number of nitriles is 1. The molecule has 0 saturated carbocycles. The molecule has 1 atom stereocenters. The number of rotatable bonds is 3. The zero-order valence-corrected chi connectivity index (χ0v) is 14.0. The lowest BCUT2D eigenvalue weighted by Gasteiger charge is -2.22. The topological polar surface area (TPSA) is 81.9 Å². The standard InChI is InChI=1S/C18H19N5O/c1-11-6-12(2)17(13(3)7-11)23-5-4-15(18(23)24)22-16-10-20-14(8-19)9-21-16/h6-7,9-10,15H,4-5H2,1-3H3,(H,21,22)/t15-/m0/s1. The van der Waals surface area contributed by atoms with Crippen molar-refractivity contribution in [3.05, 3.63) is 46.9 Å². The Balaban J connectivity index is 1.79. The minimum atomic E-state index is -0.327. The molecule has 1 N–H and O–H groups in total. The summed E-state index contributed by atoms with van der Waals surface area (Å²) in [6, 6.07) is 5.80. The van der Waals surface area contributed by atoms with Crippen LogP contribution in [-0.2, 0) is 4.79 Å². The number of benzene rings is 1. The Hall–Kier alpha value is -2.94. The van der Waals surface area contributed by atoms with E-state index in [-0.39, 0.29) is 17.6 Å². The van der Waals surface area contributed by atoms with Crippen molar-refractivity contribution in [1.82, 2.24) is 9.97 Å². The number of aryl methyl sites for hydroxylation is 3. The van der Waals surface area contributed by atoms with Gasteiger partial charge in [0.05, 0.1) is 12.4 Å². The largest absolute Gasteiger partial charge is 0.357 e. The predicted octanol–water partition coefficient (Wildman–Crippen LogP) is 2.49. The minimum absolute atomic E-state index is 0.0382. The Morgan fingerprint density at radius 1 is 1.21 bits per heavy atom. The first kappa shape index (κ1) is 15.9. The molecule has 6 nitrogen and oxygen atoms in total. The fourth-order valence-electron chi connectivity index (χ4n) is 3.27. The minimum Gasteiger partial charge on any atom is -0.357 e. The van der Waals surface area contributed by atoms with Gasteiger partial charge in [-0.1, -0.05) is 17.7 Å². The van der Waals surface area contributed by atoms with Crippen molar-refractivity contribution < 1.29 is 4.79 Å². The van der Waals surface area contributed by atoms with Gasteiger partial charge in [0.15, 0.2) is 5.69 Å². The predicted molar refractivity (Wildman–Crippen MR) is 91.8 cm³/mol. The Kier molecular flexibility index (Phi) is 4.17. The summed E-state index contributed by atoms with van der Waals surface area (Å²) in [6.07, 6.45) is 3.58. The molecule has 24 heavy (non-hydrogen) atoms. The number of carbonyl (C=O) groups excluding carboxylic acids is 1. The van der Waals surface area contributed by atoms with Crippen molar-refractivity contribution in [1.29, 1.82) is 5.26 Å². The van der Waals surface area contributed by atoms with E-state index in [0.717, 1.165) is 16.8 Å². The molecule has 0 radical (unpaired) electrons. The average Bonchev–Trinajstić information content (AvgIpc) is 2.88. The van der Waals surface area contributed by atoms with Crippen LogP contribution in [-0.4, -0.2) is 28.5 Å². The van der Waals surface area contributed by atoms with Crippen molar-refractivity contribution in [3.8, 4) is 6.07 Å². The highest BCUT2D eigenvalue weighted by Crippen LogP contribution is 2.30. The SMILES string of the molecule is Cc1cc(C)c(N2CC[C@H](Nc3cnc(C#N)cn3)C2=O)c(C)c1. The quantitative estimate of drug-likeness (QED) is 0.939. The highest BCUT2D eigenvalue weighted by Gasteiger charge is 2.34. The van der Waals surface area contributed by atoms with Crippen molar-refractivity contribution in [2.24, 2.45) is 0 Å². The molecular weight excluding hydrogens is 302 g/mol. The van der Waals surface area contributed by atoms with Crippen LogP contribution in [0.15, 0.2) is 24.5 Å². The number of hydrogen-bond donors (Lipinski definition) is 1. The molecule has 1 aliphatic heterocycles. The second-order valence-electron chi connectivity index (χ2n) is 6.12. The molecule has 2 heterocycles. The van der Waals surface area contributed by atoms with Gasteiger partial charge in [-0.3, -0.25) is 4.79 Å². The zero-order chi connectivity index (χ0) is 17.3. The normalized spacial score (nSPS) is 17.0. The van der Waals surface area contributed by atoms with Crippen molar-refractivity contribution in [2.75, 3.05) is 16.8 Å². The van der Waals surface area contributed by atoms with Crippen LogP contribution in [0.25, 0.3) is 0 Å². The van der Waals surface area contributed by atoms with Gasteiger partial charge in [0.2, 0.25) is 5.91 Å². The number of aromatic nitrogens is 2. The number of carbonyl (C=O) groups is 1. The van der Waals surface area contributed by atoms with E-state index in [1.165, 1.54) is 18.0 Å². The maximum absolute atomic E-state index is 12.8. The maximum Gasteiger partial charge on any atom is 0.249 e. The fraction of sp³-hybridized carbons (Fsp3) is 0.333. The maximum atomic E-state index is 12.8. The Morgan fingerprint density at radius 3 is 2.50 bits per heavy atom. The summed E-state index contributed by atoms with van der Waals surface area (Å²) >= 11 is 0. The monoisotopic (exact) mass is 321 g/mol. The number of amides is 1. The van der Waals surface area contributed by atoms with Crippen LogP contribution in [0.5, 0.6) is 0 Å². The lowest BCUT2D eigenvalue weighted by molar-refractivity contribution is -0.117. The first-order valence-corrected chi connectivity index (χ1v) is 7.87. The van der Waals surface area contributed by atoms with E-state index in [1.807, 2.05) is 24.8 Å². The first-order valence-electron chi connectivity index (χ1n) is 7.87. The summed E-state index contributed by atoms with van der Waals surface area (Å²) in [6.45, 7) is 6.80. The van der Waals surface area contributed by atoms with Gasteiger partial charge in [0, 0.05) is 12.2 Å². The molecule has 6 heteroatoms. The van der Waals surface area contributed by atoms with E-state index >= 15 is 0 Å². The summed E-state index contributed by atoms with van der Waals surface area (Å²) in [7, 11) is 0. The van der Waals surface area contributed by atoms with Crippen LogP contribution in [0.1, 0.15) is 28.8 Å². The Morgan fingerprint density at radius 2 is 1.92 bits per heavy atom. The second kappa shape index (κ2) is 6.28. The Bertz CT molecular complexity index is 799.